The highest BCUT2D eigenvalue weighted by atomic mass is 16.7. The summed E-state index contributed by atoms with van der Waals surface area (Å²) in [7, 11) is 0. The molecule has 1 aliphatic rings. The summed E-state index contributed by atoms with van der Waals surface area (Å²) < 4.78 is 19.9. The van der Waals surface area contributed by atoms with Crippen LogP contribution in [0, 0.1) is 11.8 Å². The Bertz CT molecular complexity index is 1630. The summed E-state index contributed by atoms with van der Waals surface area (Å²) in [6.07, 6.45) is 2.81. The first-order valence-corrected chi connectivity index (χ1v) is 17.3. The third-order valence-corrected chi connectivity index (χ3v) is 9.39. The van der Waals surface area contributed by atoms with Crippen molar-refractivity contribution in [3.63, 3.8) is 0 Å². The van der Waals surface area contributed by atoms with Crippen LogP contribution in [0.3, 0.4) is 0 Å². The molecule has 0 bridgehead atoms. The second-order valence-electron chi connectivity index (χ2n) is 13.5. The second kappa shape index (κ2) is 15.5. The van der Waals surface area contributed by atoms with E-state index in [4.69, 9.17) is 14.2 Å². The molecule has 3 unspecified atom stereocenters. The van der Waals surface area contributed by atoms with E-state index in [1.807, 2.05) is 12.1 Å². The zero-order valence-electron chi connectivity index (χ0n) is 28.3. The molecule has 1 aliphatic carbocycles. The fourth-order valence-electron chi connectivity index (χ4n) is 7.02. The number of rotatable bonds is 14. The van der Waals surface area contributed by atoms with E-state index in [9.17, 15) is 0 Å². The minimum atomic E-state index is -0.414. The maximum absolute atomic E-state index is 6.69. The van der Waals surface area contributed by atoms with Gasteiger partial charge >= 0.3 is 0 Å². The van der Waals surface area contributed by atoms with Crippen LogP contribution in [0.4, 0.5) is 0 Å². The Morgan fingerprint density at radius 3 is 1.87 bits per heavy atom. The van der Waals surface area contributed by atoms with Gasteiger partial charge in [0.2, 0.25) is 6.29 Å². The van der Waals surface area contributed by atoms with Crippen LogP contribution in [0.1, 0.15) is 69.1 Å². The molecule has 0 saturated heterocycles. The van der Waals surface area contributed by atoms with Gasteiger partial charge in [-0.25, -0.2) is 0 Å². The summed E-state index contributed by atoms with van der Waals surface area (Å²) in [6.45, 7) is 10.1. The van der Waals surface area contributed by atoms with E-state index in [0.29, 0.717) is 31.0 Å². The van der Waals surface area contributed by atoms with Crippen molar-refractivity contribution in [2.24, 2.45) is 11.8 Å². The molecule has 6 rings (SSSR count). The van der Waals surface area contributed by atoms with Crippen LogP contribution in [0.25, 0.3) is 22.3 Å². The summed E-state index contributed by atoms with van der Waals surface area (Å²) in [5.74, 6) is 3.65. The molecule has 0 aliphatic heterocycles. The van der Waals surface area contributed by atoms with Gasteiger partial charge in [0.05, 0.1) is 6.61 Å². The van der Waals surface area contributed by atoms with Crippen molar-refractivity contribution in [2.45, 2.75) is 65.1 Å². The third-order valence-electron chi connectivity index (χ3n) is 9.39. The van der Waals surface area contributed by atoms with E-state index < -0.39 is 6.29 Å². The van der Waals surface area contributed by atoms with E-state index in [1.165, 1.54) is 23.1 Å². The maximum Gasteiger partial charge on any atom is 0.206 e. The van der Waals surface area contributed by atoms with E-state index >= 15 is 0 Å². The van der Waals surface area contributed by atoms with Gasteiger partial charge in [0.15, 0.2) is 0 Å². The summed E-state index contributed by atoms with van der Waals surface area (Å²) in [4.78, 5) is 0. The molecule has 5 aromatic rings. The predicted molar refractivity (Wildman–Crippen MR) is 194 cm³/mol. The topological polar surface area (TPSA) is 27.7 Å². The molecular weight excluding hydrogens is 576 g/mol. The Morgan fingerprint density at radius 1 is 0.638 bits per heavy atom. The summed E-state index contributed by atoms with van der Waals surface area (Å²) >= 11 is 0. The fourth-order valence-corrected chi connectivity index (χ4v) is 7.02. The Hall–Kier alpha value is -4.34. The number of hydrogen-bond acceptors (Lipinski definition) is 3. The van der Waals surface area contributed by atoms with Crippen molar-refractivity contribution in [2.75, 3.05) is 13.2 Å². The maximum atomic E-state index is 6.69. The summed E-state index contributed by atoms with van der Waals surface area (Å²) in [6, 6.07) is 44.7. The molecule has 0 amide bonds. The number of ether oxygens (including phenoxy) is 3. The van der Waals surface area contributed by atoms with Crippen LogP contribution in [-0.2, 0) is 11.2 Å². The molecule has 47 heavy (non-hydrogen) atoms. The van der Waals surface area contributed by atoms with E-state index in [-0.39, 0.29) is 5.92 Å². The molecule has 0 heterocycles. The van der Waals surface area contributed by atoms with E-state index in [2.05, 4.69) is 143 Å². The minimum absolute atomic E-state index is 0.159. The van der Waals surface area contributed by atoms with Crippen molar-refractivity contribution in [1.82, 2.24) is 0 Å². The zero-order valence-corrected chi connectivity index (χ0v) is 28.3. The first kappa shape index (κ1) is 32.6. The van der Waals surface area contributed by atoms with Crippen LogP contribution in [0.5, 0.6) is 11.5 Å². The Kier molecular flexibility index (Phi) is 10.7. The van der Waals surface area contributed by atoms with Crippen molar-refractivity contribution in [3.8, 4) is 33.8 Å². The SMILES string of the molecule is CC(C)CC(c1ccc(OC(OCCOc2c(-c3ccccc3)cccc2-c2ccccc2)C2CCc3ccccc32)cc1)C(C)C. The zero-order chi connectivity index (χ0) is 32.6. The Morgan fingerprint density at radius 2 is 1.26 bits per heavy atom. The number of benzene rings is 5. The number of para-hydroxylation sites is 1. The van der Waals surface area contributed by atoms with Crippen LogP contribution in [0.15, 0.2) is 127 Å². The Labute approximate surface area is 281 Å². The third kappa shape index (κ3) is 7.97. The van der Waals surface area contributed by atoms with E-state index in [1.54, 1.807) is 0 Å². The van der Waals surface area contributed by atoms with Crippen LogP contribution < -0.4 is 9.47 Å². The molecular formula is C44H48O3. The highest BCUT2D eigenvalue weighted by molar-refractivity contribution is 5.82. The number of aryl methyl sites for hydroxylation is 1. The van der Waals surface area contributed by atoms with Gasteiger partial charge in [-0.05, 0) is 77.0 Å². The van der Waals surface area contributed by atoms with Gasteiger partial charge in [0.1, 0.15) is 18.1 Å². The lowest BCUT2D eigenvalue weighted by atomic mass is 9.82. The molecule has 0 N–H and O–H groups in total. The average Bonchev–Trinajstić information content (AvgIpc) is 3.53. The lowest BCUT2D eigenvalue weighted by Crippen LogP contribution is -2.29. The molecule has 3 heteroatoms. The fraction of sp³-hybridized carbons (Fsp3) is 0.318. The standard InChI is InChI=1S/C44H48O3/c1-31(2)30-42(32(3)4)36-22-25-37(26-23-36)47-44(41-27-24-35-18-11-12-19-38(35)41)46-29-28-45-43-39(33-14-7-5-8-15-33)20-13-21-40(43)34-16-9-6-10-17-34/h5-23,25-26,31-32,41-42,44H,24,27-30H2,1-4H3. The highest BCUT2D eigenvalue weighted by Gasteiger charge is 2.32. The Balaban J connectivity index is 1.21. The van der Waals surface area contributed by atoms with Gasteiger partial charge in [-0.1, -0.05) is 143 Å². The molecule has 0 fully saturated rings. The monoisotopic (exact) mass is 624 g/mol. The molecule has 5 aromatic carbocycles. The first-order chi connectivity index (χ1) is 23.0. The molecule has 3 atom stereocenters. The number of hydrogen-bond donors (Lipinski definition) is 0. The van der Waals surface area contributed by atoms with Crippen LogP contribution in [-0.4, -0.2) is 19.5 Å². The van der Waals surface area contributed by atoms with Gasteiger partial charge in [-0.2, -0.15) is 0 Å². The summed E-state index contributed by atoms with van der Waals surface area (Å²) in [5, 5.41) is 0. The van der Waals surface area contributed by atoms with Crippen LogP contribution in [0.2, 0.25) is 0 Å². The van der Waals surface area contributed by atoms with Crippen molar-refractivity contribution in [1.29, 1.82) is 0 Å². The van der Waals surface area contributed by atoms with Gasteiger partial charge in [0.25, 0.3) is 0 Å². The highest BCUT2D eigenvalue weighted by Crippen LogP contribution is 2.40. The predicted octanol–water partition coefficient (Wildman–Crippen LogP) is 11.3. The van der Waals surface area contributed by atoms with Crippen molar-refractivity contribution < 1.29 is 14.2 Å². The lowest BCUT2D eigenvalue weighted by Gasteiger charge is -2.27. The van der Waals surface area contributed by atoms with Gasteiger partial charge in [0, 0.05) is 17.0 Å². The second-order valence-corrected chi connectivity index (χ2v) is 13.5. The number of fused-ring (bicyclic) bond motifs is 1. The quantitative estimate of drug-likeness (QED) is 0.0909. The van der Waals surface area contributed by atoms with E-state index in [0.717, 1.165) is 46.6 Å². The largest absolute Gasteiger partial charge is 0.490 e. The van der Waals surface area contributed by atoms with Crippen molar-refractivity contribution in [3.05, 3.63) is 144 Å². The van der Waals surface area contributed by atoms with Gasteiger partial charge < -0.3 is 14.2 Å². The smallest absolute Gasteiger partial charge is 0.206 e. The molecule has 242 valence electrons. The minimum Gasteiger partial charge on any atom is -0.490 e. The van der Waals surface area contributed by atoms with Gasteiger partial charge in [-0.3, -0.25) is 0 Å². The van der Waals surface area contributed by atoms with Gasteiger partial charge in [-0.15, -0.1) is 0 Å². The average molecular weight is 625 g/mol. The molecule has 3 nitrogen and oxygen atoms in total. The van der Waals surface area contributed by atoms with Crippen molar-refractivity contribution >= 4 is 0 Å². The van der Waals surface area contributed by atoms with Crippen LogP contribution >= 0.6 is 0 Å². The summed E-state index contributed by atoms with van der Waals surface area (Å²) in [5.41, 5.74) is 8.49. The molecule has 0 spiro atoms. The lowest BCUT2D eigenvalue weighted by molar-refractivity contribution is -0.102. The first-order valence-electron chi connectivity index (χ1n) is 17.3. The molecule has 0 aromatic heterocycles. The normalized spacial score (nSPS) is 15.4. The molecule has 0 radical (unpaired) electrons. The molecule has 0 saturated carbocycles.